The first kappa shape index (κ1) is 16.1. The Morgan fingerprint density at radius 2 is 1.68 bits per heavy atom. The Kier molecular flexibility index (Phi) is 3.76. The number of carbonyl (C=O) groups is 1. The van der Waals surface area contributed by atoms with E-state index in [0.717, 1.165) is 4.57 Å². The molecule has 22 heavy (non-hydrogen) atoms. The number of nitrogens with zero attached hydrogens (tertiary/aromatic N) is 1. The third-order valence-electron chi connectivity index (χ3n) is 2.95. The summed E-state index contributed by atoms with van der Waals surface area (Å²) in [4.78, 5) is 11.7. The van der Waals surface area contributed by atoms with E-state index in [1.54, 1.807) is 39.0 Å². The quantitative estimate of drug-likeness (QED) is 0.683. The minimum atomic E-state index is -5.12. The van der Waals surface area contributed by atoms with E-state index in [1.165, 1.54) is 12.1 Å². The Morgan fingerprint density at radius 3 is 2.14 bits per heavy atom. The summed E-state index contributed by atoms with van der Waals surface area (Å²) < 4.78 is 44.5. The van der Waals surface area contributed by atoms with E-state index in [4.69, 9.17) is 4.42 Å². The van der Waals surface area contributed by atoms with E-state index in [-0.39, 0.29) is 5.89 Å². The summed E-state index contributed by atoms with van der Waals surface area (Å²) in [6.07, 6.45) is -5.12. The molecule has 0 saturated heterocycles. The topological polar surface area (TPSA) is 54.3 Å². The first-order chi connectivity index (χ1) is 10.0. The number of rotatable bonds is 2. The van der Waals surface area contributed by atoms with E-state index >= 15 is 0 Å². The summed E-state index contributed by atoms with van der Waals surface area (Å²) >= 11 is 0. The minimum Gasteiger partial charge on any atom is -0.476 e. The van der Waals surface area contributed by atoms with Crippen molar-refractivity contribution in [3.8, 4) is 11.6 Å². The number of carbonyl (C=O) groups excluding carboxylic acids is 1. The number of halogens is 3. The minimum absolute atomic E-state index is 0.0452. The van der Waals surface area contributed by atoms with Crippen molar-refractivity contribution in [3.63, 3.8) is 0 Å². The van der Waals surface area contributed by atoms with Crippen LogP contribution < -0.4 is 4.57 Å². The highest BCUT2D eigenvalue weighted by Crippen LogP contribution is 2.31. The average Bonchev–Trinajstić information content (AvgIpc) is 2.75. The second kappa shape index (κ2) is 5.15. The van der Waals surface area contributed by atoms with Gasteiger partial charge in [0, 0.05) is 12.1 Å². The van der Waals surface area contributed by atoms with Gasteiger partial charge in [0.05, 0.1) is 5.41 Å². The van der Waals surface area contributed by atoms with Gasteiger partial charge in [0.1, 0.15) is 0 Å². The molecule has 118 valence electrons. The van der Waals surface area contributed by atoms with Gasteiger partial charge in [-0.25, -0.2) is 0 Å². The number of ketones is 1. The molecule has 0 bridgehead atoms. The molecule has 1 heterocycles. The number of para-hydroxylation sites is 1. The predicted octanol–water partition coefficient (Wildman–Crippen LogP) is 3.30. The van der Waals surface area contributed by atoms with Gasteiger partial charge in [0.15, 0.2) is 0 Å². The smallest absolute Gasteiger partial charge is 0.461 e. The van der Waals surface area contributed by atoms with Crippen LogP contribution in [0.5, 0.6) is 5.95 Å². The number of oxazole rings is 1. The summed E-state index contributed by atoms with van der Waals surface area (Å²) in [6.45, 7) is 5.10. The molecule has 7 heteroatoms. The van der Waals surface area contributed by atoms with E-state index in [9.17, 15) is 23.1 Å². The summed E-state index contributed by atoms with van der Waals surface area (Å²) in [7, 11) is 0. The Hall–Kier alpha value is -2.31. The molecule has 0 aliphatic rings. The lowest BCUT2D eigenvalue weighted by Crippen LogP contribution is -2.45. The van der Waals surface area contributed by atoms with Crippen molar-refractivity contribution in [2.24, 2.45) is 0 Å². The van der Waals surface area contributed by atoms with Gasteiger partial charge in [-0.1, -0.05) is 18.2 Å². The Bertz CT molecular complexity index is 697. The second-order valence-electron chi connectivity index (χ2n) is 5.81. The summed E-state index contributed by atoms with van der Waals surface area (Å²) in [5, 5.41) is 9.76. The van der Waals surface area contributed by atoms with Crippen molar-refractivity contribution in [2.75, 3.05) is 0 Å². The standard InChI is InChI=1S/C15H14F3NO3/c1-14(2,3)13-19(9-7-5-4-6-8-9)10(12(21)22-13)11(20)15(16,17)18/h4-8H,1-3H3/p+1. The lowest BCUT2D eigenvalue weighted by molar-refractivity contribution is -0.615. The summed E-state index contributed by atoms with van der Waals surface area (Å²) in [5.74, 6) is -3.16. The highest BCUT2D eigenvalue weighted by Gasteiger charge is 2.51. The van der Waals surface area contributed by atoms with Crippen LogP contribution in [-0.2, 0) is 5.41 Å². The van der Waals surface area contributed by atoms with Gasteiger partial charge in [0.2, 0.25) is 5.69 Å². The van der Waals surface area contributed by atoms with Crippen LogP contribution in [-0.4, -0.2) is 17.1 Å². The highest BCUT2D eigenvalue weighted by atomic mass is 19.4. The molecule has 0 aliphatic carbocycles. The van der Waals surface area contributed by atoms with Crippen LogP contribution in [0.1, 0.15) is 37.2 Å². The largest absolute Gasteiger partial charge is 0.476 e. The monoisotopic (exact) mass is 314 g/mol. The van der Waals surface area contributed by atoms with Gasteiger partial charge >= 0.3 is 29.5 Å². The van der Waals surface area contributed by atoms with E-state index < -0.39 is 29.0 Å². The van der Waals surface area contributed by atoms with Crippen LogP contribution in [0.2, 0.25) is 0 Å². The normalized spacial score (nSPS) is 12.5. The van der Waals surface area contributed by atoms with Crippen molar-refractivity contribution < 1.29 is 32.1 Å². The molecule has 1 aromatic heterocycles. The lowest BCUT2D eigenvalue weighted by Gasteiger charge is -2.11. The van der Waals surface area contributed by atoms with Gasteiger partial charge < -0.3 is 9.52 Å². The molecule has 0 aliphatic heterocycles. The van der Waals surface area contributed by atoms with Crippen molar-refractivity contribution in [3.05, 3.63) is 41.9 Å². The van der Waals surface area contributed by atoms with Crippen LogP contribution in [0.4, 0.5) is 13.2 Å². The predicted molar refractivity (Wildman–Crippen MR) is 71.0 cm³/mol. The molecule has 0 radical (unpaired) electrons. The molecular weight excluding hydrogens is 299 g/mol. The molecule has 0 fully saturated rings. The Morgan fingerprint density at radius 1 is 1.14 bits per heavy atom. The molecule has 0 spiro atoms. The first-order valence-electron chi connectivity index (χ1n) is 6.48. The Labute approximate surface area is 124 Å². The van der Waals surface area contributed by atoms with Crippen LogP contribution in [0, 0.1) is 0 Å². The fourth-order valence-corrected chi connectivity index (χ4v) is 2.03. The van der Waals surface area contributed by atoms with Crippen molar-refractivity contribution >= 4 is 5.78 Å². The zero-order chi connectivity index (χ0) is 16.7. The number of benzene rings is 1. The number of Topliss-reactive ketones (excluding diaryl/α,β-unsaturated/α-hetero) is 1. The third kappa shape index (κ3) is 2.84. The molecule has 0 amide bonds. The fraction of sp³-hybridized carbons (Fsp3) is 0.333. The van der Waals surface area contributed by atoms with Gasteiger partial charge in [-0.3, -0.25) is 4.79 Å². The number of aromatic nitrogens is 1. The summed E-state index contributed by atoms with van der Waals surface area (Å²) in [5.41, 5.74) is -1.36. The van der Waals surface area contributed by atoms with Crippen LogP contribution in [0.3, 0.4) is 0 Å². The average molecular weight is 314 g/mol. The van der Waals surface area contributed by atoms with E-state index in [2.05, 4.69) is 0 Å². The SMILES string of the molecule is CC(C)(C)c1oc(O)c(C(=O)C(F)(F)F)[n+]1-c1ccccc1. The molecule has 0 saturated carbocycles. The number of alkyl halides is 3. The van der Waals surface area contributed by atoms with Crippen LogP contribution >= 0.6 is 0 Å². The van der Waals surface area contributed by atoms with Crippen LogP contribution in [0.25, 0.3) is 5.69 Å². The van der Waals surface area contributed by atoms with Crippen molar-refractivity contribution in [1.82, 2.24) is 0 Å². The fourth-order valence-electron chi connectivity index (χ4n) is 2.03. The second-order valence-corrected chi connectivity index (χ2v) is 5.81. The Balaban J connectivity index is 2.80. The van der Waals surface area contributed by atoms with Gasteiger partial charge in [0.25, 0.3) is 0 Å². The van der Waals surface area contributed by atoms with E-state index in [1.807, 2.05) is 0 Å². The zero-order valence-corrected chi connectivity index (χ0v) is 12.2. The first-order valence-corrected chi connectivity index (χ1v) is 6.48. The molecule has 0 atom stereocenters. The van der Waals surface area contributed by atoms with Crippen molar-refractivity contribution in [2.45, 2.75) is 32.4 Å². The lowest BCUT2D eigenvalue weighted by atomic mass is 9.96. The van der Waals surface area contributed by atoms with Crippen LogP contribution in [0.15, 0.2) is 34.7 Å². The molecule has 0 unspecified atom stereocenters. The number of hydrogen-bond donors (Lipinski definition) is 1. The number of aromatic hydroxyl groups is 1. The highest BCUT2D eigenvalue weighted by molar-refractivity contribution is 5.99. The number of hydrogen-bond acceptors (Lipinski definition) is 3. The molecule has 1 aromatic carbocycles. The van der Waals surface area contributed by atoms with Gasteiger partial charge in [-0.15, -0.1) is 4.57 Å². The molecular formula is C15H15F3NO3+. The van der Waals surface area contributed by atoms with Crippen molar-refractivity contribution in [1.29, 1.82) is 0 Å². The van der Waals surface area contributed by atoms with Gasteiger partial charge in [-0.05, 0) is 20.8 Å². The maximum absolute atomic E-state index is 12.8. The molecule has 2 rings (SSSR count). The molecule has 4 nitrogen and oxygen atoms in total. The van der Waals surface area contributed by atoms with Gasteiger partial charge in [-0.2, -0.15) is 13.2 Å². The molecule has 1 N–H and O–H groups in total. The maximum atomic E-state index is 12.8. The van der Waals surface area contributed by atoms with E-state index in [0.29, 0.717) is 5.69 Å². The third-order valence-corrected chi connectivity index (χ3v) is 2.95. The maximum Gasteiger partial charge on any atom is 0.461 e. The zero-order valence-electron chi connectivity index (χ0n) is 12.2. The molecule has 2 aromatic rings. The summed E-state index contributed by atoms with van der Waals surface area (Å²) in [6, 6.07) is 7.96.